The maximum absolute atomic E-state index is 6.10. The van der Waals surface area contributed by atoms with E-state index in [1.807, 2.05) is 0 Å². The van der Waals surface area contributed by atoms with Crippen LogP contribution in [0.25, 0.3) is 11.0 Å². The van der Waals surface area contributed by atoms with Gasteiger partial charge in [-0.3, -0.25) is 0 Å². The van der Waals surface area contributed by atoms with E-state index in [0.717, 1.165) is 30.9 Å². The van der Waals surface area contributed by atoms with Crippen molar-refractivity contribution in [1.82, 2.24) is 5.32 Å². The molecule has 1 aromatic carbocycles. The number of nitrogens with one attached hydrogen (secondary N) is 1. The van der Waals surface area contributed by atoms with Crippen LogP contribution in [0.3, 0.4) is 0 Å². The van der Waals surface area contributed by atoms with Crippen molar-refractivity contribution in [3.8, 4) is 0 Å². The summed E-state index contributed by atoms with van der Waals surface area (Å²) in [6, 6.07) is 4.40. The minimum Gasteiger partial charge on any atom is -0.459 e. The first-order chi connectivity index (χ1) is 9.02. The van der Waals surface area contributed by atoms with Crippen LogP contribution in [0.5, 0.6) is 0 Å². The summed E-state index contributed by atoms with van der Waals surface area (Å²) in [6.07, 6.45) is 1.08. The van der Waals surface area contributed by atoms with E-state index in [1.54, 1.807) is 0 Å². The fourth-order valence-corrected chi connectivity index (χ4v) is 2.74. The quantitative estimate of drug-likeness (QED) is 0.863. The minimum atomic E-state index is 0.641. The van der Waals surface area contributed by atoms with Gasteiger partial charge in [0.05, 0.1) is 6.54 Å². The van der Waals surface area contributed by atoms with Crippen LogP contribution < -0.4 is 5.32 Å². The Bertz CT molecular complexity index is 566. The number of benzene rings is 1. The highest BCUT2D eigenvalue weighted by Crippen LogP contribution is 2.31. The fraction of sp³-hybridized carbons (Fsp3) is 0.529. The first kappa shape index (κ1) is 14.1. The maximum Gasteiger partial charge on any atom is 0.135 e. The third-order valence-electron chi connectivity index (χ3n) is 3.46. The van der Waals surface area contributed by atoms with Crippen molar-refractivity contribution in [1.29, 1.82) is 0 Å². The van der Waals surface area contributed by atoms with Crippen LogP contribution in [0.15, 0.2) is 16.5 Å². The van der Waals surface area contributed by atoms with Gasteiger partial charge in [0.2, 0.25) is 0 Å². The Hall–Kier alpha value is -1.28. The normalized spacial score (nSPS) is 11.7. The second-order valence-electron chi connectivity index (χ2n) is 5.84. The Balaban J connectivity index is 2.56. The summed E-state index contributed by atoms with van der Waals surface area (Å²) in [7, 11) is 0. The molecule has 2 aromatic rings. The van der Waals surface area contributed by atoms with Gasteiger partial charge in [0, 0.05) is 10.9 Å². The number of hydrogen-bond acceptors (Lipinski definition) is 2. The van der Waals surface area contributed by atoms with Gasteiger partial charge < -0.3 is 9.73 Å². The number of hydrogen-bond donors (Lipinski definition) is 1. The average molecular weight is 259 g/mol. The zero-order chi connectivity index (χ0) is 14.0. The van der Waals surface area contributed by atoms with Crippen molar-refractivity contribution < 1.29 is 4.42 Å². The summed E-state index contributed by atoms with van der Waals surface area (Å²) in [5, 5.41) is 4.71. The lowest BCUT2D eigenvalue weighted by Crippen LogP contribution is -2.12. The van der Waals surface area contributed by atoms with E-state index in [1.165, 1.54) is 22.1 Å². The Kier molecular flexibility index (Phi) is 4.31. The molecule has 2 heteroatoms. The lowest BCUT2D eigenvalue weighted by molar-refractivity contribution is 0.506. The van der Waals surface area contributed by atoms with Crippen molar-refractivity contribution in [3.63, 3.8) is 0 Å². The van der Waals surface area contributed by atoms with Crippen LogP contribution in [0, 0.1) is 19.8 Å². The molecule has 0 spiro atoms. The largest absolute Gasteiger partial charge is 0.459 e. The highest BCUT2D eigenvalue weighted by atomic mass is 16.3. The molecule has 2 nitrogen and oxygen atoms in total. The number of fused-ring (bicyclic) bond motifs is 1. The summed E-state index contributed by atoms with van der Waals surface area (Å²) in [6.45, 7) is 12.8. The third kappa shape index (κ3) is 3.01. The van der Waals surface area contributed by atoms with Gasteiger partial charge in [-0.25, -0.2) is 0 Å². The first-order valence-corrected chi connectivity index (χ1v) is 7.25. The SMILES string of the molecule is CCNCc1oc2cc(C)cc(C)c2c1CC(C)C. The summed E-state index contributed by atoms with van der Waals surface area (Å²) >= 11 is 0. The van der Waals surface area contributed by atoms with Crippen LogP contribution in [0.2, 0.25) is 0 Å². The van der Waals surface area contributed by atoms with Gasteiger partial charge in [0.15, 0.2) is 0 Å². The highest BCUT2D eigenvalue weighted by Gasteiger charge is 2.16. The molecule has 0 atom stereocenters. The molecule has 1 aromatic heterocycles. The van der Waals surface area contributed by atoms with Gasteiger partial charge in [0.1, 0.15) is 11.3 Å². The molecule has 0 saturated carbocycles. The summed E-state index contributed by atoms with van der Waals surface area (Å²) < 4.78 is 6.10. The van der Waals surface area contributed by atoms with Crippen molar-refractivity contribution in [2.24, 2.45) is 5.92 Å². The van der Waals surface area contributed by atoms with Crippen LogP contribution in [0.4, 0.5) is 0 Å². The molecule has 0 saturated heterocycles. The Morgan fingerprint density at radius 2 is 1.95 bits per heavy atom. The number of rotatable bonds is 5. The van der Waals surface area contributed by atoms with E-state index in [9.17, 15) is 0 Å². The molecule has 0 aliphatic heterocycles. The van der Waals surface area contributed by atoms with Gasteiger partial charge in [-0.15, -0.1) is 0 Å². The van der Waals surface area contributed by atoms with E-state index in [0.29, 0.717) is 5.92 Å². The standard InChI is InChI=1S/C17H25NO/c1-6-18-10-16-14(7-11(2)3)17-13(5)8-12(4)9-15(17)19-16/h8-9,11,18H,6-7,10H2,1-5H3. The Morgan fingerprint density at radius 1 is 1.21 bits per heavy atom. The molecular formula is C17H25NO. The predicted octanol–water partition coefficient (Wildman–Crippen LogP) is 4.36. The van der Waals surface area contributed by atoms with Crippen molar-refractivity contribution in [2.75, 3.05) is 6.54 Å². The van der Waals surface area contributed by atoms with E-state index >= 15 is 0 Å². The van der Waals surface area contributed by atoms with Crippen LogP contribution in [0.1, 0.15) is 43.2 Å². The van der Waals surface area contributed by atoms with Gasteiger partial charge in [-0.2, -0.15) is 0 Å². The van der Waals surface area contributed by atoms with Crippen LogP contribution in [-0.4, -0.2) is 6.54 Å². The molecule has 104 valence electrons. The lowest BCUT2D eigenvalue weighted by atomic mass is 9.96. The summed E-state index contributed by atoms with van der Waals surface area (Å²) in [5.74, 6) is 1.75. The Morgan fingerprint density at radius 3 is 2.58 bits per heavy atom. The van der Waals surface area contributed by atoms with Crippen LogP contribution in [-0.2, 0) is 13.0 Å². The minimum absolute atomic E-state index is 0.641. The monoisotopic (exact) mass is 259 g/mol. The average Bonchev–Trinajstić information content (AvgIpc) is 2.63. The third-order valence-corrected chi connectivity index (χ3v) is 3.46. The van der Waals surface area contributed by atoms with E-state index in [4.69, 9.17) is 4.42 Å². The van der Waals surface area contributed by atoms with Crippen LogP contribution >= 0.6 is 0 Å². The molecule has 0 unspecified atom stereocenters. The molecule has 0 bridgehead atoms. The fourth-order valence-electron chi connectivity index (χ4n) is 2.74. The van der Waals surface area contributed by atoms with E-state index < -0.39 is 0 Å². The summed E-state index contributed by atoms with van der Waals surface area (Å²) in [5.41, 5.74) is 5.03. The molecule has 1 N–H and O–H groups in total. The Labute approximate surface area is 116 Å². The predicted molar refractivity (Wildman–Crippen MR) is 81.6 cm³/mol. The van der Waals surface area contributed by atoms with E-state index in [2.05, 4.69) is 52.1 Å². The van der Waals surface area contributed by atoms with Crippen molar-refractivity contribution in [3.05, 3.63) is 34.6 Å². The number of aryl methyl sites for hydroxylation is 2. The van der Waals surface area contributed by atoms with Gasteiger partial charge in [0.25, 0.3) is 0 Å². The van der Waals surface area contributed by atoms with Crippen molar-refractivity contribution in [2.45, 2.75) is 47.6 Å². The molecule has 19 heavy (non-hydrogen) atoms. The molecule has 0 aliphatic rings. The molecule has 0 radical (unpaired) electrons. The zero-order valence-corrected chi connectivity index (χ0v) is 12.8. The van der Waals surface area contributed by atoms with Gasteiger partial charge in [-0.05, 0) is 49.9 Å². The van der Waals surface area contributed by atoms with Gasteiger partial charge >= 0.3 is 0 Å². The second kappa shape index (κ2) is 5.79. The molecule has 2 rings (SSSR count). The molecule has 1 heterocycles. The zero-order valence-electron chi connectivity index (χ0n) is 12.8. The van der Waals surface area contributed by atoms with Gasteiger partial charge in [-0.1, -0.05) is 26.8 Å². The van der Waals surface area contributed by atoms with E-state index in [-0.39, 0.29) is 0 Å². The maximum atomic E-state index is 6.10. The summed E-state index contributed by atoms with van der Waals surface area (Å²) in [4.78, 5) is 0. The second-order valence-corrected chi connectivity index (χ2v) is 5.84. The molecule has 0 fully saturated rings. The lowest BCUT2D eigenvalue weighted by Gasteiger charge is -2.07. The first-order valence-electron chi connectivity index (χ1n) is 7.25. The topological polar surface area (TPSA) is 25.2 Å². The molecular weight excluding hydrogens is 234 g/mol. The number of furan rings is 1. The smallest absolute Gasteiger partial charge is 0.135 e. The highest BCUT2D eigenvalue weighted by molar-refractivity contribution is 5.86. The molecule has 0 aliphatic carbocycles. The molecule has 0 amide bonds. The van der Waals surface area contributed by atoms with Crippen molar-refractivity contribution >= 4 is 11.0 Å².